The van der Waals surface area contributed by atoms with Gasteiger partial charge in [-0.05, 0) is 50.1 Å². The molecule has 7 nitrogen and oxygen atoms in total. The van der Waals surface area contributed by atoms with E-state index in [0.717, 1.165) is 16.7 Å². The molecule has 1 amide bonds. The van der Waals surface area contributed by atoms with Crippen molar-refractivity contribution in [3.05, 3.63) is 58.7 Å². The molecule has 1 heterocycles. The molecule has 8 heteroatoms. The van der Waals surface area contributed by atoms with E-state index in [1.54, 1.807) is 0 Å². The summed E-state index contributed by atoms with van der Waals surface area (Å²) in [5.74, 6) is -0.0698. The largest absolute Gasteiger partial charge is 0.496 e. The van der Waals surface area contributed by atoms with Crippen LogP contribution in [-0.4, -0.2) is 52.0 Å². The van der Waals surface area contributed by atoms with E-state index >= 15 is 0 Å². The number of carbonyl (C=O) groups excluding carboxylic acids is 1. The summed E-state index contributed by atoms with van der Waals surface area (Å²) in [6.07, 6.45) is 0. The van der Waals surface area contributed by atoms with E-state index < -0.39 is 15.9 Å². The number of rotatable bonds is 6. The third kappa shape index (κ3) is 4.66. The molecule has 162 valence electrons. The van der Waals surface area contributed by atoms with Crippen LogP contribution in [-0.2, 0) is 14.8 Å². The molecule has 0 spiro atoms. The van der Waals surface area contributed by atoms with Crippen molar-refractivity contribution in [3.8, 4) is 5.75 Å². The molecule has 0 bridgehead atoms. The number of aryl methyl sites for hydroxylation is 2. The van der Waals surface area contributed by atoms with E-state index in [4.69, 9.17) is 9.47 Å². The highest BCUT2D eigenvalue weighted by Crippen LogP contribution is 2.26. The van der Waals surface area contributed by atoms with Gasteiger partial charge in [0.15, 0.2) is 0 Å². The SMILES string of the molecule is COc1ccc(S(=O)(=O)N2CCOCC2)cc1C(=O)N[C@@H](C)c1ccc(C)cc1C. The lowest BCUT2D eigenvalue weighted by Crippen LogP contribution is -2.40. The number of nitrogens with one attached hydrogen (secondary N) is 1. The average molecular weight is 433 g/mol. The molecule has 30 heavy (non-hydrogen) atoms. The molecule has 1 atom stereocenters. The molecule has 0 radical (unpaired) electrons. The predicted octanol–water partition coefficient (Wildman–Crippen LogP) is 2.82. The predicted molar refractivity (Wildman–Crippen MR) is 114 cm³/mol. The molecule has 2 aromatic carbocycles. The fourth-order valence-electron chi connectivity index (χ4n) is 3.62. The third-order valence-electron chi connectivity index (χ3n) is 5.26. The monoisotopic (exact) mass is 432 g/mol. The van der Waals surface area contributed by atoms with Crippen LogP contribution in [0.25, 0.3) is 0 Å². The van der Waals surface area contributed by atoms with Crippen LogP contribution >= 0.6 is 0 Å². The fraction of sp³-hybridized carbons (Fsp3) is 0.409. The topological polar surface area (TPSA) is 84.9 Å². The number of benzene rings is 2. The molecule has 1 N–H and O–H groups in total. The van der Waals surface area contributed by atoms with Gasteiger partial charge in [0.2, 0.25) is 10.0 Å². The first kappa shape index (κ1) is 22.3. The number of methoxy groups -OCH3 is 1. The molecular formula is C22H28N2O5S. The quantitative estimate of drug-likeness (QED) is 0.759. The number of hydrogen-bond donors (Lipinski definition) is 1. The fourth-order valence-corrected chi connectivity index (χ4v) is 5.06. The maximum atomic E-state index is 13.0. The van der Waals surface area contributed by atoms with Gasteiger partial charge in [-0.1, -0.05) is 23.8 Å². The molecule has 1 saturated heterocycles. The van der Waals surface area contributed by atoms with Crippen LogP contribution in [0.1, 0.15) is 40.0 Å². The van der Waals surface area contributed by atoms with Gasteiger partial charge >= 0.3 is 0 Å². The van der Waals surface area contributed by atoms with Crippen molar-refractivity contribution >= 4 is 15.9 Å². The zero-order valence-corrected chi connectivity index (χ0v) is 18.6. The lowest BCUT2D eigenvalue weighted by molar-refractivity contribution is 0.0730. The molecule has 0 aliphatic carbocycles. The summed E-state index contributed by atoms with van der Waals surface area (Å²) in [6, 6.07) is 10.2. The van der Waals surface area contributed by atoms with Crippen molar-refractivity contribution in [1.82, 2.24) is 9.62 Å². The molecule has 3 rings (SSSR count). The number of ether oxygens (including phenoxy) is 2. The highest BCUT2D eigenvalue weighted by molar-refractivity contribution is 7.89. The van der Waals surface area contributed by atoms with Crippen LogP contribution in [0.3, 0.4) is 0 Å². The summed E-state index contributed by atoms with van der Waals surface area (Å²) in [4.78, 5) is 13.1. The number of carbonyl (C=O) groups is 1. The maximum Gasteiger partial charge on any atom is 0.255 e. The summed E-state index contributed by atoms with van der Waals surface area (Å²) in [5, 5.41) is 2.96. The Morgan fingerprint density at radius 2 is 1.83 bits per heavy atom. The Hall–Kier alpha value is -2.42. The van der Waals surface area contributed by atoms with E-state index in [0.29, 0.717) is 32.1 Å². The highest BCUT2D eigenvalue weighted by atomic mass is 32.2. The first-order chi connectivity index (χ1) is 14.2. The Kier molecular flexibility index (Phi) is 6.80. The smallest absolute Gasteiger partial charge is 0.255 e. The van der Waals surface area contributed by atoms with E-state index in [-0.39, 0.29) is 16.5 Å². The maximum absolute atomic E-state index is 13.0. The molecule has 1 fully saturated rings. The second-order valence-electron chi connectivity index (χ2n) is 7.43. The molecule has 2 aromatic rings. The van der Waals surface area contributed by atoms with Gasteiger partial charge in [-0.2, -0.15) is 4.31 Å². The number of hydrogen-bond acceptors (Lipinski definition) is 5. The molecule has 0 saturated carbocycles. The van der Waals surface area contributed by atoms with Crippen LogP contribution in [0.2, 0.25) is 0 Å². The Labute approximate surface area is 178 Å². The molecule has 1 aliphatic heterocycles. The van der Waals surface area contributed by atoms with Gasteiger partial charge < -0.3 is 14.8 Å². The summed E-state index contributed by atoms with van der Waals surface area (Å²) in [5.41, 5.74) is 3.42. The summed E-state index contributed by atoms with van der Waals surface area (Å²) in [6.45, 7) is 7.22. The van der Waals surface area contributed by atoms with Crippen LogP contribution in [0.15, 0.2) is 41.3 Å². The standard InChI is InChI=1S/C22H28N2O5S/c1-15-5-7-19(16(2)13-15)17(3)23-22(25)20-14-18(6-8-21(20)28-4)30(26,27)24-9-11-29-12-10-24/h5-8,13-14,17H,9-12H2,1-4H3,(H,23,25)/t17-/m0/s1. The zero-order valence-electron chi connectivity index (χ0n) is 17.8. The molecular weight excluding hydrogens is 404 g/mol. The van der Waals surface area contributed by atoms with Crippen LogP contribution in [0.4, 0.5) is 0 Å². The first-order valence-electron chi connectivity index (χ1n) is 9.88. The number of morpholine rings is 1. The van der Waals surface area contributed by atoms with Crippen molar-refractivity contribution in [2.24, 2.45) is 0 Å². The lowest BCUT2D eigenvalue weighted by Gasteiger charge is -2.26. The lowest BCUT2D eigenvalue weighted by atomic mass is 10.00. The second kappa shape index (κ2) is 9.16. The van der Waals surface area contributed by atoms with E-state index in [2.05, 4.69) is 11.4 Å². The summed E-state index contributed by atoms with van der Waals surface area (Å²) >= 11 is 0. The molecule has 0 aromatic heterocycles. The van der Waals surface area contributed by atoms with Gasteiger partial charge in [-0.15, -0.1) is 0 Å². The second-order valence-corrected chi connectivity index (χ2v) is 9.37. The van der Waals surface area contributed by atoms with E-state index in [9.17, 15) is 13.2 Å². The Morgan fingerprint density at radius 3 is 2.47 bits per heavy atom. The zero-order chi connectivity index (χ0) is 21.9. The molecule has 0 unspecified atom stereocenters. The van der Waals surface area contributed by atoms with Crippen LogP contribution in [0, 0.1) is 13.8 Å². The van der Waals surface area contributed by atoms with Crippen molar-refractivity contribution in [2.75, 3.05) is 33.4 Å². The van der Waals surface area contributed by atoms with Crippen molar-refractivity contribution in [1.29, 1.82) is 0 Å². The van der Waals surface area contributed by atoms with Crippen molar-refractivity contribution in [3.63, 3.8) is 0 Å². The van der Waals surface area contributed by atoms with Gasteiger partial charge in [-0.3, -0.25) is 4.79 Å². The van der Waals surface area contributed by atoms with Crippen molar-refractivity contribution < 1.29 is 22.7 Å². The minimum Gasteiger partial charge on any atom is -0.496 e. The Bertz CT molecular complexity index is 1030. The third-order valence-corrected chi connectivity index (χ3v) is 7.16. The van der Waals surface area contributed by atoms with Gasteiger partial charge in [0.1, 0.15) is 5.75 Å². The van der Waals surface area contributed by atoms with Crippen LogP contribution < -0.4 is 10.1 Å². The Morgan fingerprint density at radius 1 is 1.13 bits per heavy atom. The first-order valence-corrected chi connectivity index (χ1v) is 11.3. The van der Waals surface area contributed by atoms with Gasteiger partial charge in [0, 0.05) is 13.1 Å². The minimum atomic E-state index is -3.72. The summed E-state index contributed by atoms with van der Waals surface area (Å²) in [7, 11) is -2.26. The Balaban J connectivity index is 1.88. The van der Waals surface area contributed by atoms with E-state index in [1.165, 1.54) is 29.6 Å². The van der Waals surface area contributed by atoms with Gasteiger partial charge in [-0.25, -0.2) is 8.42 Å². The van der Waals surface area contributed by atoms with Gasteiger partial charge in [0.25, 0.3) is 5.91 Å². The van der Waals surface area contributed by atoms with Crippen LogP contribution in [0.5, 0.6) is 5.75 Å². The number of nitrogens with zero attached hydrogens (tertiary/aromatic N) is 1. The molecule has 1 aliphatic rings. The van der Waals surface area contributed by atoms with E-state index in [1.807, 2.05) is 32.9 Å². The minimum absolute atomic E-state index is 0.0644. The number of amides is 1. The highest BCUT2D eigenvalue weighted by Gasteiger charge is 2.28. The van der Waals surface area contributed by atoms with Crippen molar-refractivity contribution in [2.45, 2.75) is 31.7 Å². The number of sulfonamides is 1. The average Bonchev–Trinajstić information content (AvgIpc) is 2.73. The normalized spacial score (nSPS) is 16.1. The van der Waals surface area contributed by atoms with Gasteiger partial charge in [0.05, 0.1) is 36.8 Å². The summed E-state index contributed by atoms with van der Waals surface area (Å²) < 4.78 is 37.9.